The van der Waals surface area contributed by atoms with Crippen molar-refractivity contribution in [1.82, 2.24) is 0 Å². The number of benzene rings is 12. The number of fused-ring (bicyclic) bond motifs is 4. The first-order valence-corrected chi connectivity index (χ1v) is 27.3. The van der Waals surface area contributed by atoms with Gasteiger partial charge < -0.3 is 4.90 Å². The maximum Gasteiger partial charge on any atom is 0.0713 e. The molecule has 0 saturated carbocycles. The monoisotopic (exact) mass is 993 g/mol. The van der Waals surface area contributed by atoms with Gasteiger partial charge in [0.2, 0.25) is 0 Å². The van der Waals surface area contributed by atoms with Crippen LogP contribution in [0.4, 0.5) is 17.1 Å². The second-order valence-electron chi connectivity index (χ2n) is 20.6. The fourth-order valence-electron chi connectivity index (χ4n) is 12.8. The van der Waals surface area contributed by atoms with Crippen molar-refractivity contribution in [2.75, 3.05) is 4.90 Å². The molecule has 0 fully saturated rings. The summed E-state index contributed by atoms with van der Waals surface area (Å²) in [6.07, 6.45) is 8.85. The summed E-state index contributed by atoms with van der Waals surface area (Å²) in [6, 6.07) is 108. The molecule has 2 aliphatic rings. The lowest BCUT2D eigenvalue weighted by Gasteiger charge is -2.34. The standard InChI is InChI=1S/C77H55N/c1-6-23-55(24-7-1)65-52-47-60(53-71(65)57-27-10-3-11-28-57)54-43-48-63(49-44-54)78(74-42-19-17-35-68(74)69-39-21-30-59-29-20-37-66(75(59)69)56-25-8-2-9-26-56)64-50-45-58(46-51-64)67-38-22-41-73-76(67)70-36-16-18-40-72(70)77(73,61-31-12-4-13-32-61)62-33-14-5-15-34-62/h1-6,8-23,25-53H,7,24H2. The van der Waals surface area contributed by atoms with E-state index in [9.17, 15) is 0 Å². The minimum atomic E-state index is -0.477. The van der Waals surface area contributed by atoms with E-state index in [0.717, 1.165) is 35.5 Å². The molecule has 368 valence electrons. The first-order valence-electron chi connectivity index (χ1n) is 27.3. The maximum absolute atomic E-state index is 2.45. The first-order chi connectivity index (χ1) is 38.7. The third-order valence-electron chi connectivity index (χ3n) is 16.3. The Labute approximate surface area is 458 Å². The van der Waals surface area contributed by atoms with Crippen LogP contribution in [0.25, 0.3) is 83.1 Å². The number of allylic oxidation sites excluding steroid dienone is 4. The molecular weight excluding hydrogens is 939 g/mol. The molecule has 12 aromatic carbocycles. The quantitative estimate of drug-likeness (QED) is 0.125. The van der Waals surface area contributed by atoms with Crippen LogP contribution < -0.4 is 4.90 Å². The lowest BCUT2D eigenvalue weighted by atomic mass is 9.67. The van der Waals surface area contributed by atoms with E-state index in [1.54, 1.807) is 0 Å². The van der Waals surface area contributed by atoms with E-state index in [-0.39, 0.29) is 0 Å². The Kier molecular flexibility index (Phi) is 12.0. The zero-order valence-electron chi connectivity index (χ0n) is 43.3. The van der Waals surface area contributed by atoms with Crippen LogP contribution in [0.3, 0.4) is 0 Å². The normalized spacial score (nSPS) is 13.2. The van der Waals surface area contributed by atoms with Gasteiger partial charge in [-0.1, -0.05) is 273 Å². The molecule has 0 bridgehead atoms. The number of nitrogens with zero attached hydrogens (tertiary/aromatic N) is 1. The predicted molar refractivity (Wildman–Crippen MR) is 329 cm³/mol. The Morgan fingerprint density at radius 3 is 1.47 bits per heavy atom. The fraction of sp³-hybridized carbons (Fsp3) is 0.0390. The van der Waals surface area contributed by atoms with E-state index >= 15 is 0 Å². The van der Waals surface area contributed by atoms with Gasteiger partial charge in [0, 0.05) is 16.9 Å². The lowest BCUT2D eigenvalue weighted by molar-refractivity contribution is 0.768. The summed E-state index contributed by atoms with van der Waals surface area (Å²) in [7, 11) is 0. The minimum Gasteiger partial charge on any atom is -0.310 e. The average Bonchev–Trinajstić information content (AvgIpc) is 3.96. The molecule has 0 amide bonds. The molecule has 0 unspecified atom stereocenters. The highest BCUT2D eigenvalue weighted by Crippen LogP contribution is 2.58. The highest BCUT2D eigenvalue weighted by atomic mass is 15.1. The highest BCUT2D eigenvalue weighted by Gasteiger charge is 2.46. The molecule has 14 rings (SSSR count). The molecule has 0 N–H and O–H groups in total. The van der Waals surface area contributed by atoms with Crippen LogP contribution in [0.1, 0.15) is 40.7 Å². The summed E-state index contributed by atoms with van der Waals surface area (Å²) in [4.78, 5) is 2.45. The summed E-state index contributed by atoms with van der Waals surface area (Å²) in [5.41, 5.74) is 25.2. The zero-order valence-corrected chi connectivity index (χ0v) is 43.3. The zero-order chi connectivity index (χ0) is 51.8. The van der Waals surface area contributed by atoms with Gasteiger partial charge in [0.25, 0.3) is 0 Å². The van der Waals surface area contributed by atoms with Crippen LogP contribution in [0, 0.1) is 0 Å². The second-order valence-corrected chi connectivity index (χ2v) is 20.6. The van der Waals surface area contributed by atoms with Crippen molar-refractivity contribution < 1.29 is 0 Å². The molecule has 0 aromatic heterocycles. The molecule has 2 aliphatic carbocycles. The van der Waals surface area contributed by atoms with E-state index in [1.165, 1.54) is 105 Å². The third kappa shape index (κ3) is 8.02. The summed E-state index contributed by atoms with van der Waals surface area (Å²) in [5.74, 6) is 0. The second kappa shape index (κ2) is 20.0. The van der Waals surface area contributed by atoms with Gasteiger partial charge in [-0.15, -0.1) is 0 Å². The molecule has 78 heavy (non-hydrogen) atoms. The summed E-state index contributed by atoms with van der Waals surface area (Å²) >= 11 is 0. The highest BCUT2D eigenvalue weighted by molar-refractivity contribution is 6.09. The van der Waals surface area contributed by atoms with Gasteiger partial charge in [0.05, 0.1) is 11.1 Å². The van der Waals surface area contributed by atoms with Gasteiger partial charge in [-0.2, -0.15) is 0 Å². The van der Waals surface area contributed by atoms with Gasteiger partial charge in [-0.05, 0) is 155 Å². The van der Waals surface area contributed by atoms with Gasteiger partial charge in [-0.25, -0.2) is 0 Å². The van der Waals surface area contributed by atoms with Crippen molar-refractivity contribution >= 4 is 33.4 Å². The van der Waals surface area contributed by atoms with Crippen molar-refractivity contribution in [3.8, 4) is 66.8 Å². The molecule has 0 heterocycles. The van der Waals surface area contributed by atoms with E-state index in [2.05, 4.69) is 314 Å². The Bertz CT molecular complexity index is 4160. The van der Waals surface area contributed by atoms with Gasteiger partial charge in [-0.3, -0.25) is 0 Å². The van der Waals surface area contributed by atoms with Crippen LogP contribution in [-0.2, 0) is 5.41 Å². The van der Waals surface area contributed by atoms with Crippen molar-refractivity contribution in [2.45, 2.75) is 18.3 Å². The molecule has 0 aliphatic heterocycles. The Balaban J connectivity index is 0.925. The number of rotatable bonds is 11. The third-order valence-corrected chi connectivity index (χ3v) is 16.3. The van der Waals surface area contributed by atoms with Crippen molar-refractivity contribution in [3.63, 3.8) is 0 Å². The van der Waals surface area contributed by atoms with Crippen LogP contribution in [0.5, 0.6) is 0 Å². The van der Waals surface area contributed by atoms with Gasteiger partial charge in [0.15, 0.2) is 0 Å². The maximum atomic E-state index is 2.45. The summed E-state index contributed by atoms with van der Waals surface area (Å²) < 4.78 is 0. The van der Waals surface area contributed by atoms with Gasteiger partial charge >= 0.3 is 0 Å². The lowest BCUT2D eigenvalue weighted by Crippen LogP contribution is -2.28. The number of para-hydroxylation sites is 1. The molecule has 0 radical (unpaired) electrons. The fourth-order valence-corrected chi connectivity index (χ4v) is 12.8. The molecule has 0 atom stereocenters. The van der Waals surface area contributed by atoms with Crippen LogP contribution in [0.15, 0.2) is 309 Å². The number of hydrogen-bond acceptors (Lipinski definition) is 1. The summed E-state index contributed by atoms with van der Waals surface area (Å²) in [5, 5.41) is 2.45. The Hall–Kier alpha value is -9.82. The molecule has 12 aromatic rings. The number of anilines is 3. The Morgan fingerprint density at radius 2 is 0.821 bits per heavy atom. The molecule has 1 nitrogen and oxygen atoms in total. The molecule has 0 saturated heterocycles. The molecule has 0 spiro atoms. The SMILES string of the molecule is C1=CCCC(c2ccc(-c3ccc(N(c4ccc(-c5cccc6c5-c5ccccc5C6(c5ccccc5)c5ccccc5)cc4)c4ccccc4-c4cccc5cccc(-c6ccccc6)c45)cc3)cc2-c2ccccc2)=C1. The first kappa shape index (κ1) is 46.7. The van der Waals surface area contributed by atoms with Crippen LogP contribution in [-0.4, -0.2) is 0 Å². The Morgan fingerprint density at radius 1 is 0.321 bits per heavy atom. The van der Waals surface area contributed by atoms with Crippen molar-refractivity contribution in [1.29, 1.82) is 0 Å². The van der Waals surface area contributed by atoms with E-state index in [1.807, 2.05) is 0 Å². The van der Waals surface area contributed by atoms with Gasteiger partial charge in [0.1, 0.15) is 0 Å². The molecule has 1 heteroatoms. The van der Waals surface area contributed by atoms with Crippen molar-refractivity contribution in [2.24, 2.45) is 0 Å². The number of hydrogen-bond donors (Lipinski definition) is 0. The van der Waals surface area contributed by atoms with E-state index in [0.29, 0.717) is 0 Å². The molecular formula is C77H55N. The predicted octanol–water partition coefficient (Wildman–Crippen LogP) is 20.7. The summed E-state index contributed by atoms with van der Waals surface area (Å²) in [6.45, 7) is 0. The largest absolute Gasteiger partial charge is 0.310 e. The van der Waals surface area contributed by atoms with E-state index in [4.69, 9.17) is 0 Å². The topological polar surface area (TPSA) is 3.24 Å². The van der Waals surface area contributed by atoms with E-state index < -0.39 is 5.41 Å². The van der Waals surface area contributed by atoms with Crippen molar-refractivity contribution in [3.05, 3.63) is 337 Å². The van der Waals surface area contributed by atoms with Crippen LogP contribution >= 0.6 is 0 Å². The average molecular weight is 994 g/mol. The smallest absolute Gasteiger partial charge is 0.0713 e. The van der Waals surface area contributed by atoms with Crippen LogP contribution in [0.2, 0.25) is 0 Å². The minimum absolute atomic E-state index is 0.477.